The summed E-state index contributed by atoms with van der Waals surface area (Å²) in [6, 6.07) is 28.0. The van der Waals surface area contributed by atoms with E-state index in [1.165, 1.54) is 27.8 Å². The van der Waals surface area contributed by atoms with Crippen LogP contribution < -0.4 is 0 Å². The van der Waals surface area contributed by atoms with Crippen LogP contribution in [0.25, 0.3) is 22.3 Å². The summed E-state index contributed by atoms with van der Waals surface area (Å²) in [7, 11) is 0. The van der Waals surface area contributed by atoms with Crippen molar-refractivity contribution in [3.05, 3.63) is 84.4 Å². The Hall–Kier alpha value is -2.34. The lowest BCUT2D eigenvalue weighted by atomic mass is 9.88. The van der Waals surface area contributed by atoms with Crippen LogP contribution in [0.15, 0.2) is 78.9 Å². The predicted octanol–water partition coefficient (Wildman–Crippen LogP) is 6.14. The zero-order valence-corrected chi connectivity index (χ0v) is 12.6. The van der Waals surface area contributed by atoms with E-state index in [2.05, 4.69) is 92.7 Å². The van der Waals surface area contributed by atoms with E-state index in [1.54, 1.807) is 0 Å². The Balaban J connectivity index is 2.21. The second kappa shape index (κ2) is 5.97. The second-order valence-electron chi connectivity index (χ2n) is 5.65. The van der Waals surface area contributed by atoms with E-state index in [-0.39, 0.29) is 0 Å². The molecule has 0 fully saturated rings. The molecular weight excluding hydrogens is 252 g/mol. The van der Waals surface area contributed by atoms with Crippen LogP contribution in [-0.2, 0) is 0 Å². The molecule has 0 heterocycles. The molecule has 0 aliphatic rings. The predicted molar refractivity (Wildman–Crippen MR) is 91.4 cm³/mol. The van der Waals surface area contributed by atoms with E-state index in [1.807, 2.05) is 0 Å². The minimum Gasteiger partial charge on any atom is -0.0622 e. The summed E-state index contributed by atoms with van der Waals surface area (Å²) in [5.74, 6) is 0.519. The molecular formula is C21H20. The molecule has 0 saturated heterocycles. The van der Waals surface area contributed by atoms with Gasteiger partial charge in [-0.05, 0) is 33.7 Å². The van der Waals surface area contributed by atoms with Gasteiger partial charge >= 0.3 is 0 Å². The van der Waals surface area contributed by atoms with Gasteiger partial charge in [-0.25, -0.2) is 0 Å². The SMILES string of the molecule is CC(C)c1ccccc1-c1ccccc1-c1ccccc1. The summed E-state index contributed by atoms with van der Waals surface area (Å²) in [4.78, 5) is 0. The van der Waals surface area contributed by atoms with Gasteiger partial charge in [0, 0.05) is 0 Å². The molecule has 0 saturated carbocycles. The van der Waals surface area contributed by atoms with Gasteiger partial charge in [0.05, 0.1) is 0 Å². The highest BCUT2D eigenvalue weighted by molar-refractivity contribution is 5.84. The van der Waals surface area contributed by atoms with E-state index < -0.39 is 0 Å². The minimum atomic E-state index is 0.519. The first kappa shape index (κ1) is 13.6. The first-order valence-electron chi connectivity index (χ1n) is 7.51. The summed E-state index contributed by atoms with van der Waals surface area (Å²) in [6.45, 7) is 4.51. The van der Waals surface area contributed by atoms with Crippen molar-refractivity contribution in [3.8, 4) is 22.3 Å². The Morgan fingerprint density at radius 1 is 0.524 bits per heavy atom. The molecule has 3 aromatic rings. The molecule has 0 atom stereocenters. The number of hydrogen-bond donors (Lipinski definition) is 0. The van der Waals surface area contributed by atoms with Crippen molar-refractivity contribution < 1.29 is 0 Å². The van der Waals surface area contributed by atoms with Crippen LogP contribution >= 0.6 is 0 Å². The maximum atomic E-state index is 2.25. The molecule has 0 heteroatoms. The normalized spacial score (nSPS) is 10.8. The van der Waals surface area contributed by atoms with E-state index >= 15 is 0 Å². The van der Waals surface area contributed by atoms with Crippen molar-refractivity contribution in [2.24, 2.45) is 0 Å². The van der Waals surface area contributed by atoms with Crippen LogP contribution in [0.5, 0.6) is 0 Å². The molecule has 0 spiro atoms. The second-order valence-corrected chi connectivity index (χ2v) is 5.65. The maximum Gasteiger partial charge on any atom is -0.0103 e. The molecule has 104 valence electrons. The molecule has 0 aromatic heterocycles. The first-order valence-corrected chi connectivity index (χ1v) is 7.51. The molecule has 0 N–H and O–H groups in total. The summed E-state index contributed by atoms with van der Waals surface area (Å²) < 4.78 is 0. The lowest BCUT2D eigenvalue weighted by Gasteiger charge is -2.16. The largest absolute Gasteiger partial charge is 0.0622 e. The Morgan fingerprint density at radius 2 is 1.05 bits per heavy atom. The third kappa shape index (κ3) is 2.75. The fourth-order valence-electron chi connectivity index (χ4n) is 2.83. The average Bonchev–Trinajstić information content (AvgIpc) is 2.55. The number of benzene rings is 3. The molecule has 0 bridgehead atoms. The Kier molecular flexibility index (Phi) is 3.87. The molecule has 0 radical (unpaired) electrons. The fraction of sp³-hybridized carbons (Fsp3) is 0.143. The van der Waals surface area contributed by atoms with Crippen molar-refractivity contribution in [2.75, 3.05) is 0 Å². The van der Waals surface area contributed by atoms with Gasteiger partial charge in [0.2, 0.25) is 0 Å². The Morgan fingerprint density at radius 3 is 1.71 bits per heavy atom. The van der Waals surface area contributed by atoms with Gasteiger partial charge in [-0.2, -0.15) is 0 Å². The van der Waals surface area contributed by atoms with Crippen molar-refractivity contribution in [1.29, 1.82) is 0 Å². The monoisotopic (exact) mass is 272 g/mol. The quantitative estimate of drug-likeness (QED) is 0.537. The van der Waals surface area contributed by atoms with Crippen LogP contribution in [0, 0.1) is 0 Å². The molecule has 0 unspecified atom stereocenters. The summed E-state index contributed by atoms with van der Waals surface area (Å²) in [5.41, 5.74) is 6.62. The van der Waals surface area contributed by atoms with Gasteiger partial charge in [0.15, 0.2) is 0 Å². The van der Waals surface area contributed by atoms with E-state index in [0.29, 0.717) is 5.92 Å². The maximum absolute atomic E-state index is 2.25. The third-order valence-corrected chi connectivity index (χ3v) is 3.88. The van der Waals surface area contributed by atoms with Crippen molar-refractivity contribution in [2.45, 2.75) is 19.8 Å². The van der Waals surface area contributed by atoms with Crippen LogP contribution in [0.3, 0.4) is 0 Å². The summed E-state index contributed by atoms with van der Waals surface area (Å²) >= 11 is 0. The molecule has 3 rings (SSSR count). The standard InChI is InChI=1S/C21H20/c1-16(2)18-12-6-8-14-20(18)21-15-9-7-13-19(21)17-10-4-3-5-11-17/h3-16H,1-2H3. The van der Waals surface area contributed by atoms with Crippen LogP contribution in [-0.4, -0.2) is 0 Å². The smallest absolute Gasteiger partial charge is 0.0103 e. The summed E-state index contributed by atoms with van der Waals surface area (Å²) in [6.07, 6.45) is 0. The summed E-state index contributed by atoms with van der Waals surface area (Å²) in [5, 5.41) is 0. The zero-order chi connectivity index (χ0) is 14.7. The average molecular weight is 272 g/mol. The van der Waals surface area contributed by atoms with Crippen LogP contribution in [0.4, 0.5) is 0 Å². The molecule has 21 heavy (non-hydrogen) atoms. The highest BCUT2D eigenvalue weighted by Gasteiger charge is 2.11. The third-order valence-electron chi connectivity index (χ3n) is 3.88. The van der Waals surface area contributed by atoms with Gasteiger partial charge < -0.3 is 0 Å². The van der Waals surface area contributed by atoms with Gasteiger partial charge in [-0.1, -0.05) is 92.7 Å². The fourth-order valence-corrected chi connectivity index (χ4v) is 2.83. The van der Waals surface area contributed by atoms with Gasteiger partial charge in [-0.3, -0.25) is 0 Å². The van der Waals surface area contributed by atoms with Crippen molar-refractivity contribution in [1.82, 2.24) is 0 Å². The Labute approximate surface area is 127 Å². The van der Waals surface area contributed by atoms with Crippen molar-refractivity contribution >= 4 is 0 Å². The number of hydrogen-bond acceptors (Lipinski definition) is 0. The van der Waals surface area contributed by atoms with Gasteiger partial charge in [0.1, 0.15) is 0 Å². The minimum absolute atomic E-state index is 0.519. The van der Waals surface area contributed by atoms with Gasteiger partial charge in [-0.15, -0.1) is 0 Å². The molecule has 0 amide bonds. The molecule has 3 aromatic carbocycles. The van der Waals surface area contributed by atoms with E-state index in [4.69, 9.17) is 0 Å². The molecule has 0 aliphatic heterocycles. The highest BCUT2D eigenvalue weighted by atomic mass is 14.2. The zero-order valence-electron chi connectivity index (χ0n) is 12.6. The first-order chi connectivity index (χ1) is 10.3. The Bertz CT molecular complexity index is 724. The highest BCUT2D eigenvalue weighted by Crippen LogP contribution is 2.36. The van der Waals surface area contributed by atoms with Crippen molar-refractivity contribution in [3.63, 3.8) is 0 Å². The number of rotatable bonds is 3. The van der Waals surface area contributed by atoms with Gasteiger partial charge in [0.25, 0.3) is 0 Å². The lowest BCUT2D eigenvalue weighted by molar-refractivity contribution is 0.869. The van der Waals surface area contributed by atoms with Crippen LogP contribution in [0.1, 0.15) is 25.3 Å². The topological polar surface area (TPSA) is 0 Å². The molecule has 0 aliphatic carbocycles. The molecule has 0 nitrogen and oxygen atoms in total. The van der Waals surface area contributed by atoms with E-state index in [9.17, 15) is 0 Å². The van der Waals surface area contributed by atoms with Crippen LogP contribution in [0.2, 0.25) is 0 Å². The van der Waals surface area contributed by atoms with E-state index in [0.717, 1.165) is 0 Å². The lowest BCUT2D eigenvalue weighted by Crippen LogP contribution is -1.93.